The van der Waals surface area contributed by atoms with E-state index < -0.39 is 0 Å². The third-order valence-corrected chi connectivity index (χ3v) is 4.97. The number of aryl methyl sites for hydroxylation is 1. The number of thioether (sulfide) groups is 1. The van der Waals surface area contributed by atoms with Crippen molar-refractivity contribution < 1.29 is 4.79 Å². The van der Waals surface area contributed by atoms with E-state index in [-0.39, 0.29) is 11.9 Å². The summed E-state index contributed by atoms with van der Waals surface area (Å²) in [7, 11) is 0. The number of amides is 1. The summed E-state index contributed by atoms with van der Waals surface area (Å²) in [6.07, 6.45) is 2.08. The van der Waals surface area contributed by atoms with Crippen LogP contribution in [-0.4, -0.2) is 12.2 Å². The molecule has 0 aliphatic carbocycles. The summed E-state index contributed by atoms with van der Waals surface area (Å²) in [5, 5.41) is 3.19. The standard InChI is InChI=1S/C23H23NOS/c1-17-8-12-20(13-9-17)22(19-6-4-3-5-7-19)24-23(25)21-14-10-18(11-15-21)16-26-2/h3-15,22H,16H2,1-2H3,(H,24,25). The number of rotatable bonds is 6. The molecule has 3 heteroatoms. The maximum Gasteiger partial charge on any atom is 0.252 e. The van der Waals surface area contributed by atoms with Crippen LogP contribution >= 0.6 is 11.8 Å². The van der Waals surface area contributed by atoms with Gasteiger partial charge in [-0.2, -0.15) is 11.8 Å². The fraction of sp³-hybridized carbons (Fsp3) is 0.174. The summed E-state index contributed by atoms with van der Waals surface area (Å²) in [6, 6.07) is 26.1. The number of hydrogen-bond acceptors (Lipinski definition) is 2. The number of hydrogen-bond donors (Lipinski definition) is 1. The van der Waals surface area contributed by atoms with Gasteiger partial charge in [-0.05, 0) is 42.0 Å². The van der Waals surface area contributed by atoms with Crippen LogP contribution in [0, 0.1) is 6.92 Å². The summed E-state index contributed by atoms with van der Waals surface area (Å²) >= 11 is 1.77. The molecule has 26 heavy (non-hydrogen) atoms. The molecular formula is C23H23NOS. The Morgan fingerprint density at radius 1 is 0.885 bits per heavy atom. The molecule has 0 fully saturated rings. The van der Waals surface area contributed by atoms with Crippen molar-refractivity contribution in [1.82, 2.24) is 5.32 Å². The van der Waals surface area contributed by atoms with Gasteiger partial charge in [0.2, 0.25) is 0 Å². The van der Waals surface area contributed by atoms with E-state index in [1.165, 1.54) is 11.1 Å². The van der Waals surface area contributed by atoms with Crippen LogP contribution in [0.15, 0.2) is 78.9 Å². The van der Waals surface area contributed by atoms with Crippen molar-refractivity contribution in [3.05, 3.63) is 107 Å². The van der Waals surface area contributed by atoms with Crippen LogP contribution in [0.2, 0.25) is 0 Å². The van der Waals surface area contributed by atoms with Crippen molar-refractivity contribution in [2.75, 3.05) is 6.26 Å². The van der Waals surface area contributed by atoms with E-state index in [0.29, 0.717) is 5.56 Å². The molecule has 0 spiro atoms. The first-order valence-corrected chi connectivity index (χ1v) is 10.1. The molecule has 0 aliphatic rings. The van der Waals surface area contributed by atoms with E-state index in [9.17, 15) is 4.79 Å². The summed E-state index contributed by atoms with van der Waals surface area (Å²) in [5.74, 6) is 0.896. The van der Waals surface area contributed by atoms with Gasteiger partial charge in [-0.1, -0.05) is 72.3 Å². The van der Waals surface area contributed by atoms with Crippen molar-refractivity contribution >= 4 is 17.7 Å². The minimum atomic E-state index is -0.171. The van der Waals surface area contributed by atoms with Crippen LogP contribution in [0.25, 0.3) is 0 Å². The van der Waals surface area contributed by atoms with Crippen LogP contribution in [0.5, 0.6) is 0 Å². The van der Waals surface area contributed by atoms with Crippen LogP contribution in [0.4, 0.5) is 0 Å². The van der Waals surface area contributed by atoms with Gasteiger partial charge in [0.25, 0.3) is 5.91 Å². The van der Waals surface area contributed by atoms with E-state index in [1.54, 1.807) is 11.8 Å². The fourth-order valence-corrected chi connectivity index (χ4v) is 3.42. The van der Waals surface area contributed by atoms with Crippen LogP contribution in [0.3, 0.4) is 0 Å². The van der Waals surface area contributed by atoms with Gasteiger partial charge in [0.1, 0.15) is 0 Å². The van der Waals surface area contributed by atoms with E-state index in [1.807, 2.05) is 54.6 Å². The first kappa shape index (κ1) is 18.3. The Bertz CT molecular complexity index is 842. The second-order valence-electron chi connectivity index (χ2n) is 6.36. The SMILES string of the molecule is CSCc1ccc(C(=O)NC(c2ccccc2)c2ccc(C)cc2)cc1. The molecule has 3 aromatic rings. The molecule has 1 N–H and O–H groups in total. The van der Waals surface area contributed by atoms with Gasteiger partial charge in [-0.3, -0.25) is 4.79 Å². The van der Waals surface area contributed by atoms with E-state index in [4.69, 9.17) is 0 Å². The average Bonchev–Trinajstić information content (AvgIpc) is 2.68. The summed E-state index contributed by atoms with van der Waals surface area (Å²) < 4.78 is 0. The number of carbonyl (C=O) groups is 1. The second kappa shape index (κ2) is 8.72. The Morgan fingerprint density at radius 2 is 1.50 bits per heavy atom. The van der Waals surface area contributed by atoms with Crippen molar-refractivity contribution in [3.63, 3.8) is 0 Å². The highest BCUT2D eigenvalue weighted by Crippen LogP contribution is 2.23. The lowest BCUT2D eigenvalue weighted by molar-refractivity contribution is 0.0943. The third-order valence-electron chi connectivity index (χ3n) is 4.35. The highest BCUT2D eigenvalue weighted by atomic mass is 32.2. The molecule has 3 rings (SSSR count). The van der Waals surface area contributed by atoms with Crippen molar-refractivity contribution in [2.45, 2.75) is 18.7 Å². The molecule has 132 valence electrons. The van der Waals surface area contributed by atoms with E-state index >= 15 is 0 Å². The van der Waals surface area contributed by atoms with Gasteiger partial charge < -0.3 is 5.32 Å². The molecule has 0 aromatic heterocycles. The van der Waals surface area contributed by atoms with Crippen LogP contribution in [-0.2, 0) is 5.75 Å². The Labute approximate surface area is 159 Å². The molecule has 0 radical (unpaired) electrons. The zero-order valence-corrected chi connectivity index (χ0v) is 15.9. The quantitative estimate of drug-likeness (QED) is 0.639. The van der Waals surface area contributed by atoms with Gasteiger partial charge in [0.05, 0.1) is 6.04 Å². The Morgan fingerprint density at radius 3 is 2.12 bits per heavy atom. The van der Waals surface area contributed by atoms with Crippen LogP contribution in [0.1, 0.15) is 38.7 Å². The van der Waals surface area contributed by atoms with Crippen LogP contribution < -0.4 is 5.32 Å². The Balaban J connectivity index is 1.85. The van der Waals surface area contributed by atoms with Crippen molar-refractivity contribution in [1.29, 1.82) is 0 Å². The largest absolute Gasteiger partial charge is 0.341 e. The van der Waals surface area contributed by atoms with Gasteiger partial charge in [0.15, 0.2) is 0 Å². The predicted octanol–water partition coefficient (Wildman–Crippen LogP) is 5.38. The lowest BCUT2D eigenvalue weighted by atomic mass is 9.97. The zero-order chi connectivity index (χ0) is 18.4. The fourth-order valence-electron chi connectivity index (χ4n) is 2.90. The summed E-state index contributed by atoms with van der Waals surface area (Å²) in [6.45, 7) is 2.07. The third kappa shape index (κ3) is 4.55. The molecule has 2 nitrogen and oxygen atoms in total. The molecular weight excluding hydrogens is 338 g/mol. The average molecular weight is 362 g/mol. The minimum absolute atomic E-state index is 0.0601. The number of benzene rings is 3. The molecule has 0 aliphatic heterocycles. The minimum Gasteiger partial charge on any atom is -0.341 e. The molecule has 0 saturated heterocycles. The normalized spacial score (nSPS) is 11.8. The highest BCUT2D eigenvalue weighted by molar-refractivity contribution is 7.97. The van der Waals surface area contributed by atoms with E-state index in [2.05, 4.69) is 42.8 Å². The first-order valence-electron chi connectivity index (χ1n) is 8.67. The molecule has 3 aromatic carbocycles. The number of nitrogens with one attached hydrogen (secondary N) is 1. The maximum absolute atomic E-state index is 12.8. The molecule has 0 heterocycles. The van der Waals surface area contributed by atoms with Gasteiger partial charge in [0, 0.05) is 11.3 Å². The maximum atomic E-state index is 12.8. The second-order valence-corrected chi connectivity index (χ2v) is 7.22. The Hall–Kier alpha value is -2.52. The monoisotopic (exact) mass is 361 g/mol. The highest BCUT2D eigenvalue weighted by Gasteiger charge is 2.17. The number of carbonyl (C=O) groups excluding carboxylic acids is 1. The van der Waals surface area contributed by atoms with Crippen molar-refractivity contribution in [3.8, 4) is 0 Å². The lowest BCUT2D eigenvalue weighted by Gasteiger charge is -2.20. The first-order chi connectivity index (χ1) is 12.7. The topological polar surface area (TPSA) is 29.1 Å². The molecule has 1 amide bonds. The lowest BCUT2D eigenvalue weighted by Crippen LogP contribution is -2.29. The molecule has 1 atom stereocenters. The van der Waals surface area contributed by atoms with Crippen molar-refractivity contribution in [2.24, 2.45) is 0 Å². The van der Waals surface area contributed by atoms with Gasteiger partial charge in [-0.25, -0.2) is 0 Å². The summed E-state index contributed by atoms with van der Waals surface area (Å²) in [5.41, 5.74) is 5.27. The summed E-state index contributed by atoms with van der Waals surface area (Å²) in [4.78, 5) is 12.8. The molecule has 0 bridgehead atoms. The molecule has 1 unspecified atom stereocenters. The smallest absolute Gasteiger partial charge is 0.252 e. The zero-order valence-electron chi connectivity index (χ0n) is 15.1. The predicted molar refractivity (Wildman–Crippen MR) is 111 cm³/mol. The Kier molecular flexibility index (Phi) is 6.13. The molecule has 0 saturated carbocycles. The van der Waals surface area contributed by atoms with Gasteiger partial charge in [-0.15, -0.1) is 0 Å². The van der Waals surface area contributed by atoms with Gasteiger partial charge >= 0.3 is 0 Å². The van der Waals surface area contributed by atoms with E-state index in [0.717, 1.165) is 16.9 Å².